The molecule has 1 unspecified atom stereocenters. The molecule has 0 aliphatic rings. The van der Waals surface area contributed by atoms with Crippen LogP contribution in [0.25, 0.3) is 0 Å². The number of thioether (sulfide) groups is 1. The van der Waals surface area contributed by atoms with Crippen LogP contribution in [0.3, 0.4) is 0 Å². The predicted octanol–water partition coefficient (Wildman–Crippen LogP) is 6.60. The third kappa shape index (κ3) is 6.19. The summed E-state index contributed by atoms with van der Waals surface area (Å²) in [6.07, 6.45) is 1.40. The first kappa shape index (κ1) is 24.5. The number of anilines is 1. The van der Waals surface area contributed by atoms with Gasteiger partial charge in [-0.05, 0) is 38.1 Å². The smallest absolute Gasteiger partial charge is 0.234 e. The molecule has 0 bridgehead atoms. The molecule has 0 saturated heterocycles. The number of nitrogens with one attached hydrogen (secondary N) is 1. The zero-order valence-electron chi connectivity index (χ0n) is 17.4. The Morgan fingerprint density at radius 3 is 2.56 bits per heavy atom. The Morgan fingerprint density at radius 1 is 1.19 bits per heavy atom. The summed E-state index contributed by atoms with van der Waals surface area (Å²) in [5.74, 6) is 1.21. The Morgan fingerprint density at radius 2 is 1.88 bits per heavy atom. The molecule has 0 spiro atoms. The number of nitrogens with zero attached hydrogens (tertiary/aromatic N) is 3. The summed E-state index contributed by atoms with van der Waals surface area (Å²) < 4.78 is 7.88. The third-order valence-corrected chi connectivity index (χ3v) is 6.37. The number of hydrogen-bond acceptors (Lipinski definition) is 5. The topological polar surface area (TPSA) is 69.0 Å². The number of aryl methyl sites for hydroxylation is 1. The molecule has 2 aromatic carbocycles. The molecule has 0 aliphatic carbocycles. The molecule has 0 radical (unpaired) electrons. The minimum Gasteiger partial charge on any atom is -0.483 e. The number of ether oxygens (including phenoxy) is 1. The number of benzene rings is 2. The van der Waals surface area contributed by atoms with Gasteiger partial charge in [0.1, 0.15) is 5.75 Å². The van der Waals surface area contributed by atoms with Crippen molar-refractivity contribution in [2.75, 3.05) is 11.1 Å². The van der Waals surface area contributed by atoms with Gasteiger partial charge < -0.3 is 10.1 Å². The van der Waals surface area contributed by atoms with E-state index in [1.165, 1.54) is 23.9 Å². The van der Waals surface area contributed by atoms with Crippen LogP contribution in [0.5, 0.6) is 5.75 Å². The van der Waals surface area contributed by atoms with Crippen LogP contribution in [-0.2, 0) is 11.3 Å². The molecule has 1 aromatic heterocycles. The van der Waals surface area contributed by atoms with Gasteiger partial charge in [0, 0.05) is 6.54 Å². The fourth-order valence-electron chi connectivity index (χ4n) is 2.82. The van der Waals surface area contributed by atoms with Crippen molar-refractivity contribution < 1.29 is 9.53 Å². The first-order valence-electron chi connectivity index (χ1n) is 9.63. The van der Waals surface area contributed by atoms with E-state index >= 15 is 0 Å². The first-order chi connectivity index (χ1) is 15.3. The molecule has 1 amide bonds. The Balaban J connectivity index is 1.68. The second-order valence-corrected chi connectivity index (χ2v) is 9.06. The summed E-state index contributed by atoms with van der Waals surface area (Å²) in [6, 6.07) is 10.8. The molecular weight excluding hydrogens is 491 g/mol. The highest BCUT2D eigenvalue weighted by molar-refractivity contribution is 7.99. The molecule has 1 N–H and O–H groups in total. The van der Waals surface area contributed by atoms with Crippen LogP contribution in [0.1, 0.15) is 24.4 Å². The van der Waals surface area contributed by atoms with Crippen molar-refractivity contribution in [2.24, 2.45) is 0 Å². The molecule has 10 heteroatoms. The Kier molecular flexibility index (Phi) is 8.48. The maximum Gasteiger partial charge on any atom is 0.234 e. The summed E-state index contributed by atoms with van der Waals surface area (Å²) in [5, 5.41) is 12.7. The number of rotatable bonds is 9. The van der Waals surface area contributed by atoms with E-state index in [0.29, 0.717) is 38.3 Å². The van der Waals surface area contributed by atoms with Crippen LogP contribution in [0, 0.1) is 6.92 Å². The lowest BCUT2D eigenvalue weighted by molar-refractivity contribution is -0.113. The summed E-state index contributed by atoms with van der Waals surface area (Å²) >= 11 is 19.3. The number of carbonyl (C=O) groups excluding carboxylic acids is 1. The predicted molar refractivity (Wildman–Crippen MR) is 131 cm³/mol. The molecule has 3 rings (SSSR count). The number of halogens is 3. The van der Waals surface area contributed by atoms with E-state index in [1.807, 2.05) is 42.7 Å². The molecule has 168 valence electrons. The highest BCUT2D eigenvalue weighted by atomic mass is 35.5. The molecule has 0 fully saturated rings. The van der Waals surface area contributed by atoms with Gasteiger partial charge >= 0.3 is 0 Å². The lowest BCUT2D eigenvalue weighted by atomic mass is 10.2. The molecule has 32 heavy (non-hydrogen) atoms. The van der Waals surface area contributed by atoms with Gasteiger partial charge in [0.15, 0.2) is 17.1 Å². The number of allylic oxidation sites excluding steroid dienone is 1. The summed E-state index contributed by atoms with van der Waals surface area (Å²) in [4.78, 5) is 12.4. The van der Waals surface area contributed by atoms with Crippen LogP contribution in [0.2, 0.25) is 15.1 Å². The van der Waals surface area contributed by atoms with Crippen LogP contribution in [0.15, 0.2) is 54.2 Å². The number of carbonyl (C=O) groups is 1. The highest BCUT2D eigenvalue weighted by Gasteiger charge is 2.20. The van der Waals surface area contributed by atoms with E-state index in [0.717, 1.165) is 11.3 Å². The fourth-order valence-corrected chi connectivity index (χ4v) is 4.17. The van der Waals surface area contributed by atoms with Crippen molar-refractivity contribution in [1.82, 2.24) is 14.8 Å². The maximum absolute atomic E-state index is 12.4. The fraction of sp³-hybridized carbons (Fsp3) is 0.227. The largest absolute Gasteiger partial charge is 0.483 e. The molecule has 3 aromatic rings. The Labute approximate surface area is 205 Å². The SMILES string of the molecule is C=CCn1c(SCC(=O)Nc2cc(Cl)c(Cl)cc2Cl)nnc1C(C)Oc1ccc(C)cc1. The van der Waals surface area contributed by atoms with Gasteiger partial charge in [-0.1, -0.05) is 70.3 Å². The molecule has 1 atom stereocenters. The zero-order valence-corrected chi connectivity index (χ0v) is 20.5. The van der Waals surface area contributed by atoms with Crippen molar-refractivity contribution >= 4 is 58.2 Å². The Bertz CT molecular complexity index is 1120. The molecule has 1 heterocycles. The first-order valence-corrected chi connectivity index (χ1v) is 11.7. The van der Waals surface area contributed by atoms with Crippen LogP contribution in [0.4, 0.5) is 5.69 Å². The van der Waals surface area contributed by atoms with Crippen LogP contribution in [-0.4, -0.2) is 26.4 Å². The number of amides is 1. The van der Waals surface area contributed by atoms with Gasteiger partial charge in [-0.15, -0.1) is 16.8 Å². The van der Waals surface area contributed by atoms with Crippen molar-refractivity contribution in [3.8, 4) is 5.75 Å². The third-order valence-electron chi connectivity index (χ3n) is 4.37. The summed E-state index contributed by atoms with van der Waals surface area (Å²) in [5.41, 5.74) is 1.54. The van der Waals surface area contributed by atoms with E-state index in [9.17, 15) is 4.79 Å². The zero-order chi connectivity index (χ0) is 23.3. The van der Waals surface area contributed by atoms with E-state index < -0.39 is 0 Å². The second kappa shape index (κ2) is 11.1. The molecule has 0 aliphatic heterocycles. The molecule has 0 saturated carbocycles. The lowest BCUT2D eigenvalue weighted by Crippen LogP contribution is -2.16. The van der Waals surface area contributed by atoms with Gasteiger partial charge in [0.25, 0.3) is 0 Å². The monoisotopic (exact) mass is 510 g/mol. The quantitative estimate of drug-likeness (QED) is 0.199. The van der Waals surface area contributed by atoms with Gasteiger partial charge in [0.05, 0.1) is 26.5 Å². The Hall–Kier alpha value is -2.19. The van der Waals surface area contributed by atoms with E-state index in [4.69, 9.17) is 39.5 Å². The lowest BCUT2D eigenvalue weighted by Gasteiger charge is -2.16. The van der Waals surface area contributed by atoms with Crippen molar-refractivity contribution in [3.05, 3.63) is 75.5 Å². The average Bonchev–Trinajstić information content (AvgIpc) is 3.15. The van der Waals surface area contributed by atoms with E-state index in [1.54, 1.807) is 6.08 Å². The standard InChI is InChI=1S/C22H21Cl3N4O2S/c1-4-9-29-21(14(3)31-15-7-5-13(2)6-8-15)27-28-22(29)32-12-20(30)26-19-11-17(24)16(23)10-18(19)25/h4-8,10-11,14H,1,9,12H2,2-3H3,(H,26,30). The highest BCUT2D eigenvalue weighted by Crippen LogP contribution is 2.32. The van der Waals surface area contributed by atoms with Gasteiger partial charge in [-0.25, -0.2) is 0 Å². The van der Waals surface area contributed by atoms with E-state index in [2.05, 4.69) is 22.1 Å². The maximum atomic E-state index is 12.4. The minimum absolute atomic E-state index is 0.0963. The van der Waals surface area contributed by atoms with Crippen molar-refractivity contribution in [1.29, 1.82) is 0 Å². The van der Waals surface area contributed by atoms with Gasteiger partial charge in [-0.3, -0.25) is 9.36 Å². The minimum atomic E-state index is -0.344. The molecule has 6 nitrogen and oxygen atoms in total. The number of hydrogen-bond donors (Lipinski definition) is 1. The average molecular weight is 512 g/mol. The number of aromatic nitrogens is 3. The summed E-state index contributed by atoms with van der Waals surface area (Å²) in [6.45, 7) is 8.20. The second-order valence-electron chi connectivity index (χ2n) is 6.90. The van der Waals surface area contributed by atoms with Crippen LogP contribution < -0.4 is 10.1 Å². The normalized spacial score (nSPS) is 11.8. The van der Waals surface area contributed by atoms with Gasteiger partial charge in [-0.2, -0.15) is 0 Å². The van der Waals surface area contributed by atoms with Gasteiger partial charge in [0.2, 0.25) is 5.91 Å². The molecular formula is C22H21Cl3N4O2S. The van der Waals surface area contributed by atoms with Crippen LogP contribution >= 0.6 is 46.6 Å². The van der Waals surface area contributed by atoms with E-state index in [-0.39, 0.29) is 17.8 Å². The van der Waals surface area contributed by atoms with Crippen molar-refractivity contribution in [3.63, 3.8) is 0 Å². The summed E-state index contributed by atoms with van der Waals surface area (Å²) in [7, 11) is 0. The van der Waals surface area contributed by atoms with Crippen molar-refractivity contribution in [2.45, 2.75) is 31.7 Å².